The van der Waals surface area contributed by atoms with Gasteiger partial charge in [0, 0.05) is 11.3 Å². The lowest BCUT2D eigenvalue weighted by atomic mass is 10.2. The van der Waals surface area contributed by atoms with Crippen LogP contribution in [0.3, 0.4) is 0 Å². The lowest BCUT2D eigenvalue weighted by Crippen LogP contribution is -1.75. The molecule has 0 spiro atoms. The number of hydrogen-bond acceptors (Lipinski definition) is 2. The van der Waals surface area contributed by atoms with E-state index in [0.29, 0.717) is 10.2 Å². The maximum Gasteiger partial charge on any atom is 0.136 e. The van der Waals surface area contributed by atoms with Crippen LogP contribution < -0.4 is 0 Å². The predicted molar refractivity (Wildman–Crippen MR) is 58.7 cm³/mol. The van der Waals surface area contributed by atoms with E-state index in [1.165, 1.54) is 0 Å². The summed E-state index contributed by atoms with van der Waals surface area (Å²) in [7, 11) is 0. The highest BCUT2D eigenvalue weighted by molar-refractivity contribution is 9.10. The Balaban J connectivity index is 3.00. The van der Waals surface area contributed by atoms with Gasteiger partial charge in [-0.3, -0.25) is 0 Å². The molecule has 0 amide bonds. The summed E-state index contributed by atoms with van der Waals surface area (Å²) in [4.78, 5) is 0. The normalized spacial score (nSPS) is 10.8. The van der Waals surface area contributed by atoms with Crippen molar-refractivity contribution in [1.82, 2.24) is 0 Å². The van der Waals surface area contributed by atoms with E-state index >= 15 is 0 Å². The smallest absolute Gasteiger partial charge is 0.136 e. The van der Waals surface area contributed by atoms with E-state index in [4.69, 9.17) is 0 Å². The maximum absolute atomic E-state index is 9.50. The average Bonchev–Trinajstić information content (AvgIpc) is 2.08. The van der Waals surface area contributed by atoms with Crippen LogP contribution in [0.25, 0.3) is 6.08 Å². The molecule has 0 aromatic heterocycles. The Labute approximate surface area is 85.7 Å². The largest absolute Gasteiger partial charge is 0.506 e. The van der Waals surface area contributed by atoms with E-state index in [0.717, 1.165) is 5.56 Å². The summed E-state index contributed by atoms with van der Waals surface area (Å²) >= 11 is 7.27. The van der Waals surface area contributed by atoms with E-state index in [1.807, 2.05) is 24.3 Å². The maximum atomic E-state index is 9.50. The third-order valence-electron chi connectivity index (χ3n) is 1.42. The fraction of sp³-hybridized carbons (Fsp3) is 0.111. The van der Waals surface area contributed by atoms with E-state index in [1.54, 1.807) is 6.07 Å². The molecule has 0 saturated carbocycles. The number of hydrogen-bond donors (Lipinski definition) is 2. The zero-order valence-electron chi connectivity index (χ0n) is 6.37. The molecule has 0 aliphatic heterocycles. The summed E-state index contributed by atoms with van der Waals surface area (Å²) < 4.78 is 0.712. The van der Waals surface area contributed by atoms with Crippen molar-refractivity contribution < 1.29 is 5.11 Å². The first kappa shape index (κ1) is 9.68. The fourth-order valence-electron chi connectivity index (χ4n) is 0.846. The minimum absolute atomic E-state index is 0.274. The molecule has 1 rings (SSSR count). The van der Waals surface area contributed by atoms with Crippen molar-refractivity contribution >= 4 is 34.6 Å². The summed E-state index contributed by atoms with van der Waals surface area (Å²) in [6, 6.07) is 5.52. The van der Waals surface area contributed by atoms with E-state index in [2.05, 4.69) is 28.6 Å². The number of para-hydroxylation sites is 1. The van der Waals surface area contributed by atoms with E-state index in [-0.39, 0.29) is 5.75 Å². The van der Waals surface area contributed by atoms with Gasteiger partial charge in [0.05, 0.1) is 4.47 Å². The second-order valence-corrected chi connectivity index (χ2v) is 3.48. The van der Waals surface area contributed by atoms with Gasteiger partial charge in [0.1, 0.15) is 5.75 Å². The van der Waals surface area contributed by atoms with Crippen molar-refractivity contribution in [2.75, 3.05) is 5.75 Å². The first-order chi connectivity index (χ1) is 5.75. The lowest BCUT2D eigenvalue weighted by Gasteiger charge is -1.99. The minimum Gasteiger partial charge on any atom is -0.506 e. The second kappa shape index (κ2) is 4.58. The molecule has 1 aromatic rings. The van der Waals surface area contributed by atoms with Crippen molar-refractivity contribution in [3.05, 3.63) is 34.3 Å². The number of phenols is 1. The molecule has 0 unspecified atom stereocenters. The molecule has 0 saturated heterocycles. The first-order valence-corrected chi connectivity index (χ1v) is 4.93. The average molecular weight is 245 g/mol. The molecule has 1 nitrogen and oxygen atoms in total. The summed E-state index contributed by atoms with van der Waals surface area (Å²) in [5.74, 6) is 0.946. The molecule has 0 fully saturated rings. The van der Waals surface area contributed by atoms with Gasteiger partial charge in [-0.1, -0.05) is 24.3 Å². The zero-order chi connectivity index (χ0) is 8.97. The second-order valence-electron chi connectivity index (χ2n) is 2.26. The van der Waals surface area contributed by atoms with Crippen molar-refractivity contribution in [2.45, 2.75) is 0 Å². The van der Waals surface area contributed by atoms with E-state index < -0.39 is 0 Å². The van der Waals surface area contributed by atoms with E-state index in [9.17, 15) is 5.11 Å². The number of phenolic OH excluding ortho intramolecular Hbond substituents is 1. The Morgan fingerprint density at radius 3 is 2.92 bits per heavy atom. The van der Waals surface area contributed by atoms with Crippen LogP contribution >= 0.6 is 28.6 Å². The van der Waals surface area contributed by atoms with Gasteiger partial charge >= 0.3 is 0 Å². The van der Waals surface area contributed by atoms with Gasteiger partial charge in [0.2, 0.25) is 0 Å². The first-order valence-electron chi connectivity index (χ1n) is 3.50. The van der Waals surface area contributed by atoms with Crippen LogP contribution in [0, 0.1) is 0 Å². The minimum atomic E-state index is 0.274. The van der Waals surface area contributed by atoms with Crippen LogP contribution in [0.5, 0.6) is 5.75 Å². The molecule has 0 heterocycles. The Bertz CT molecular complexity index is 297. The van der Waals surface area contributed by atoms with Crippen molar-refractivity contribution in [1.29, 1.82) is 0 Å². The molecule has 0 aliphatic rings. The number of benzene rings is 1. The van der Waals surface area contributed by atoms with Gasteiger partial charge in [-0.05, 0) is 22.0 Å². The quantitative estimate of drug-likeness (QED) is 0.767. The van der Waals surface area contributed by atoms with Crippen LogP contribution in [0.15, 0.2) is 28.7 Å². The third kappa shape index (κ3) is 2.29. The molecule has 0 radical (unpaired) electrons. The molecule has 1 aromatic carbocycles. The van der Waals surface area contributed by atoms with Gasteiger partial charge in [0.25, 0.3) is 0 Å². The number of rotatable bonds is 2. The Hall–Kier alpha value is -0.410. The van der Waals surface area contributed by atoms with Gasteiger partial charge < -0.3 is 5.11 Å². The van der Waals surface area contributed by atoms with Gasteiger partial charge in [-0.2, -0.15) is 12.6 Å². The molecule has 0 bridgehead atoms. The van der Waals surface area contributed by atoms with Crippen LogP contribution in [0.2, 0.25) is 0 Å². The standard InChI is InChI=1S/C9H9BrOS/c10-8-5-1-3-7(9(8)11)4-2-6-12/h1-5,11-12H,6H2. The number of thiol groups is 1. The van der Waals surface area contributed by atoms with Gasteiger partial charge in [-0.15, -0.1) is 0 Å². The lowest BCUT2D eigenvalue weighted by molar-refractivity contribution is 0.470. The van der Waals surface area contributed by atoms with Crippen LogP contribution in [-0.2, 0) is 0 Å². The molecule has 0 aliphatic carbocycles. The molecule has 1 N–H and O–H groups in total. The summed E-state index contributed by atoms with van der Waals surface area (Å²) in [5, 5.41) is 9.50. The van der Waals surface area contributed by atoms with Crippen molar-refractivity contribution in [2.24, 2.45) is 0 Å². The Morgan fingerprint density at radius 1 is 1.50 bits per heavy atom. The molecule has 3 heteroatoms. The third-order valence-corrected chi connectivity index (χ3v) is 2.27. The Kier molecular flexibility index (Phi) is 3.69. The zero-order valence-corrected chi connectivity index (χ0v) is 8.85. The van der Waals surface area contributed by atoms with Gasteiger partial charge in [0.15, 0.2) is 0 Å². The predicted octanol–water partition coefficient (Wildman–Crippen LogP) is 3.10. The number of aromatic hydroxyl groups is 1. The molecule has 12 heavy (non-hydrogen) atoms. The summed E-state index contributed by atoms with van der Waals surface area (Å²) in [6.07, 6.45) is 3.72. The fourth-order valence-corrected chi connectivity index (χ4v) is 1.33. The monoisotopic (exact) mass is 244 g/mol. The van der Waals surface area contributed by atoms with Crippen LogP contribution in [0.1, 0.15) is 5.56 Å². The van der Waals surface area contributed by atoms with Crippen LogP contribution in [0.4, 0.5) is 0 Å². The highest BCUT2D eigenvalue weighted by atomic mass is 79.9. The Morgan fingerprint density at radius 2 is 2.25 bits per heavy atom. The summed E-state index contributed by atoms with van der Waals surface area (Å²) in [5.41, 5.74) is 0.804. The van der Waals surface area contributed by atoms with Crippen molar-refractivity contribution in [3.8, 4) is 5.75 Å². The topological polar surface area (TPSA) is 20.2 Å². The van der Waals surface area contributed by atoms with Gasteiger partial charge in [-0.25, -0.2) is 0 Å². The molecule has 64 valence electrons. The van der Waals surface area contributed by atoms with Crippen molar-refractivity contribution in [3.63, 3.8) is 0 Å². The molecular weight excluding hydrogens is 236 g/mol. The van der Waals surface area contributed by atoms with Crippen LogP contribution in [-0.4, -0.2) is 10.9 Å². The SMILES string of the molecule is Oc1c(Br)cccc1C=CCS. The highest BCUT2D eigenvalue weighted by Crippen LogP contribution is 2.28. The summed E-state index contributed by atoms with van der Waals surface area (Å²) in [6.45, 7) is 0. The number of halogens is 1. The molecular formula is C9H9BrOS. The molecule has 0 atom stereocenters. The highest BCUT2D eigenvalue weighted by Gasteiger charge is 1.99.